The van der Waals surface area contributed by atoms with Crippen LogP contribution in [0.1, 0.15) is 59.5 Å². The highest BCUT2D eigenvalue weighted by Crippen LogP contribution is 2.46. The number of nitrogens with one attached hydrogen (secondary N) is 1. The first-order valence-electron chi connectivity index (χ1n) is 13.3. The third kappa shape index (κ3) is 4.54. The minimum absolute atomic E-state index is 0.00531. The van der Waals surface area contributed by atoms with Gasteiger partial charge >= 0.3 is 0 Å². The van der Waals surface area contributed by atoms with E-state index < -0.39 is 16.8 Å². The van der Waals surface area contributed by atoms with Gasteiger partial charge in [0.25, 0.3) is 11.8 Å². The minimum atomic E-state index is -3.06. The van der Waals surface area contributed by atoms with Crippen LogP contribution in [-0.4, -0.2) is 56.0 Å². The van der Waals surface area contributed by atoms with Gasteiger partial charge in [0, 0.05) is 40.7 Å². The molecule has 0 radical (unpaired) electrons. The second-order valence-corrected chi connectivity index (χ2v) is 11.0. The van der Waals surface area contributed by atoms with Gasteiger partial charge < -0.3 is 14.2 Å². The fourth-order valence-corrected chi connectivity index (χ4v) is 6.56. The first-order valence-corrected chi connectivity index (χ1v) is 14.5. The largest absolute Gasteiger partial charge is 0.378 e. The highest BCUT2D eigenvalue weighted by Gasteiger charge is 2.31. The summed E-state index contributed by atoms with van der Waals surface area (Å²) in [5.41, 5.74) is 6.23. The average Bonchev–Trinajstić information content (AvgIpc) is 3.15. The van der Waals surface area contributed by atoms with Gasteiger partial charge in [0.15, 0.2) is 0 Å². The van der Waals surface area contributed by atoms with Crippen LogP contribution >= 0.6 is 0 Å². The molecular formula is C29H31N3O5S. The van der Waals surface area contributed by atoms with Gasteiger partial charge in [-0.2, -0.15) is 0 Å². The molecule has 3 heterocycles. The molecule has 2 amide bonds. The lowest BCUT2D eigenvalue weighted by molar-refractivity contribution is -0.131. The molecule has 9 heteroatoms. The van der Waals surface area contributed by atoms with Gasteiger partial charge in [0.2, 0.25) is 10.9 Å². The number of morpholine rings is 1. The summed E-state index contributed by atoms with van der Waals surface area (Å²) >= 11 is 0. The highest BCUT2D eigenvalue weighted by molar-refractivity contribution is 7.71. The van der Waals surface area contributed by atoms with Gasteiger partial charge in [-0.25, -0.2) is 8.42 Å². The Morgan fingerprint density at radius 1 is 0.974 bits per heavy atom. The number of thiol groups is 1. The molecular weight excluding hydrogens is 502 g/mol. The predicted octanol–water partition coefficient (Wildman–Crippen LogP) is 3.87. The molecule has 0 bridgehead atoms. The van der Waals surface area contributed by atoms with E-state index in [-0.39, 0.29) is 11.5 Å². The summed E-state index contributed by atoms with van der Waals surface area (Å²) < 4.78 is 32.0. The maximum absolute atomic E-state index is 13.7. The Labute approximate surface area is 223 Å². The second-order valence-electron chi connectivity index (χ2n) is 10.3. The molecule has 38 heavy (non-hydrogen) atoms. The van der Waals surface area contributed by atoms with Crippen molar-refractivity contribution in [2.75, 3.05) is 26.3 Å². The number of fused-ring (bicyclic) bond motifs is 5. The van der Waals surface area contributed by atoms with Crippen molar-refractivity contribution >= 4 is 39.7 Å². The molecule has 2 fully saturated rings. The van der Waals surface area contributed by atoms with Crippen LogP contribution in [-0.2, 0) is 27.0 Å². The van der Waals surface area contributed by atoms with Gasteiger partial charge in [-0.3, -0.25) is 14.3 Å². The van der Waals surface area contributed by atoms with Gasteiger partial charge in [0.05, 0.1) is 25.5 Å². The minimum Gasteiger partial charge on any atom is -0.378 e. The number of carbonyl (C=O) groups excluding carboxylic acids is 2. The van der Waals surface area contributed by atoms with Crippen molar-refractivity contribution in [3.63, 3.8) is 0 Å². The number of aromatic nitrogens is 1. The lowest BCUT2D eigenvalue weighted by Crippen LogP contribution is -2.41. The van der Waals surface area contributed by atoms with Crippen LogP contribution < -0.4 is 4.72 Å². The second kappa shape index (κ2) is 10.4. The molecule has 3 aromatic rings. The Morgan fingerprint density at radius 3 is 2.50 bits per heavy atom. The summed E-state index contributed by atoms with van der Waals surface area (Å²) in [6, 6.07) is 13.6. The van der Waals surface area contributed by atoms with Gasteiger partial charge in [-0.15, -0.1) is 0 Å². The predicted molar refractivity (Wildman–Crippen MR) is 146 cm³/mol. The number of ether oxygens (including phenoxy) is 1. The molecule has 6 rings (SSSR count). The lowest BCUT2D eigenvalue weighted by Gasteiger charge is -2.28. The maximum atomic E-state index is 13.7. The Balaban J connectivity index is 1.57. The van der Waals surface area contributed by atoms with E-state index in [1.807, 2.05) is 33.9 Å². The van der Waals surface area contributed by atoms with E-state index in [1.54, 1.807) is 12.1 Å². The Hall–Kier alpha value is -3.43. The van der Waals surface area contributed by atoms with Crippen molar-refractivity contribution in [1.82, 2.24) is 14.2 Å². The molecule has 1 aliphatic carbocycles. The molecule has 2 aromatic carbocycles. The Morgan fingerprint density at radius 2 is 1.74 bits per heavy atom. The number of hydrogen-bond donors (Lipinski definition) is 2. The van der Waals surface area contributed by atoms with Crippen molar-refractivity contribution in [1.29, 1.82) is 0 Å². The molecule has 198 valence electrons. The zero-order valence-electron chi connectivity index (χ0n) is 21.2. The first kappa shape index (κ1) is 24.9. The molecule has 1 N–H and O–H groups in total. The summed E-state index contributed by atoms with van der Waals surface area (Å²) in [5.74, 6) is -0.288. The maximum Gasteiger partial charge on any atom is 0.264 e. The zero-order chi connectivity index (χ0) is 26.2. The normalized spacial score (nSPS) is 18.0. The third-order valence-electron chi connectivity index (χ3n) is 8.02. The average molecular weight is 534 g/mol. The summed E-state index contributed by atoms with van der Waals surface area (Å²) in [5, 5.41) is 1.06. The number of nitrogens with zero attached hydrogens (tertiary/aromatic N) is 2. The first-order chi connectivity index (χ1) is 18.5. The topological polar surface area (TPSA) is 97.7 Å². The van der Waals surface area contributed by atoms with Crippen molar-refractivity contribution in [3.8, 4) is 11.3 Å². The van der Waals surface area contributed by atoms with Crippen molar-refractivity contribution in [3.05, 3.63) is 64.7 Å². The van der Waals surface area contributed by atoms with Gasteiger partial charge in [-0.05, 0) is 48.1 Å². The van der Waals surface area contributed by atoms with E-state index in [1.165, 1.54) is 24.8 Å². The number of benzene rings is 2. The van der Waals surface area contributed by atoms with Crippen LogP contribution in [0.2, 0.25) is 0 Å². The van der Waals surface area contributed by atoms with Crippen LogP contribution in [0.4, 0.5) is 0 Å². The number of rotatable bonds is 4. The SMILES string of the molecule is O=C(N[SH](=O)=O)c1ccc2c(C3CCCCC3)c3n(c2c1)CC(C(=O)N1CCOCC1)=Cc1ccccc1-3. The summed E-state index contributed by atoms with van der Waals surface area (Å²) in [4.78, 5) is 28.2. The monoisotopic (exact) mass is 533 g/mol. The van der Waals surface area contributed by atoms with E-state index in [2.05, 4.69) is 16.7 Å². The third-order valence-corrected chi connectivity index (χ3v) is 8.40. The van der Waals surface area contributed by atoms with Crippen LogP contribution in [0.25, 0.3) is 28.2 Å². The standard InChI is InChI=1S/C29H31N3O5S/c33-28(30-38(35)36)21-10-11-24-25(17-21)32-18-22(29(34)31-12-14-37-15-13-31)16-20-8-4-5-9-23(20)27(32)26(24)19-6-2-1-3-7-19/h4-5,8-11,16-17,19,38H,1-3,6-7,12-15,18H2,(H,30,33,35,36). The van der Waals surface area contributed by atoms with E-state index in [0.29, 0.717) is 44.3 Å². The van der Waals surface area contributed by atoms with Crippen LogP contribution in [0.5, 0.6) is 0 Å². The molecule has 1 aromatic heterocycles. The fraction of sp³-hybridized carbons (Fsp3) is 0.379. The molecule has 0 unspecified atom stereocenters. The Bertz CT molecular complexity index is 1520. The van der Waals surface area contributed by atoms with Gasteiger partial charge in [0.1, 0.15) is 0 Å². The number of carbonyl (C=O) groups is 2. The van der Waals surface area contributed by atoms with Crippen LogP contribution in [0, 0.1) is 0 Å². The molecule has 3 aliphatic rings. The van der Waals surface area contributed by atoms with E-state index in [9.17, 15) is 18.0 Å². The highest BCUT2D eigenvalue weighted by atomic mass is 32.2. The van der Waals surface area contributed by atoms with Crippen molar-refractivity contribution in [2.45, 2.75) is 44.6 Å². The van der Waals surface area contributed by atoms with E-state index in [4.69, 9.17) is 4.74 Å². The molecule has 8 nitrogen and oxygen atoms in total. The summed E-state index contributed by atoms with van der Waals surface area (Å²) in [6.45, 7) is 2.54. The molecule has 2 aliphatic heterocycles. The van der Waals surface area contributed by atoms with Crippen molar-refractivity contribution in [2.24, 2.45) is 0 Å². The summed E-state index contributed by atoms with van der Waals surface area (Å²) in [6.07, 6.45) is 7.79. The molecule has 0 spiro atoms. The number of hydrogen-bond acceptors (Lipinski definition) is 5. The summed E-state index contributed by atoms with van der Waals surface area (Å²) in [7, 11) is -3.06. The molecule has 1 saturated carbocycles. The van der Waals surface area contributed by atoms with Crippen LogP contribution in [0.15, 0.2) is 48.0 Å². The quantitative estimate of drug-likeness (QED) is 0.497. The van der Waals surface area contributed by atoms with Crippen molar-refractivity contribution < 1.29 is 22.7 Å². The van der Waals surface area contributed by atoms with Crippen LogP contribution in [0.3, 0.4) is 0 Å². The molecule has 1 saturated heterocycles. The van der Waals surface area contributed by atoms with E-state index in [0.717, 1.165) is 40.6 Å². The smallest absolute Gasteiger partial charge is 0.264 e. The molecule has 0 atom stereocenters. The Kier molecular flexibility index (Phi) is 6.80. The lowest BCUT2D eigenvalue weighted by atomic mass is 9.81. The fourth-order valence-electron chi connectivity index (χ4n) is 6.27. The van der Waals surface area contributed by atoms with Gasteiger partial charge in [-0.1, -0.05) is 49.6 Å². The number of amides is 2. The van der Waals surface area contributed by atoms with E-state index >= 15 is 0 Å². The zero-order valence-corrected chi connectivity index (χ0v) is 22.0.